The molecular weight excluding hydrogens is 228 g/mol. The van der Waals surface area contributed by atoms with Gasteiger partial charge in [-0.25, -0.2) is 4.39 Å². The molecule has 0 bridgehead atoms. The number of hydrogen-bond acceptors (Lipinski definition) is 1. The van der Waals surface area contributed by atoms with E-state index in [2.05, 4.69) is 0 Å². The van der Waals surface area contributed by atoms with Crippen molar-refractivity contribution in [3.05, 3.63) is 35.6 Å². The standard InChI is InChI=1S/C10H8F4O2/c11-8-4-2-1-3-6(8)7(9(15)16)5-10(12,13)14/h1-4,7H,5H2,(H,15,16)/t7-/m1/s1. The third kappa shape index (κ3) is 3.22. The molecule has 6 heteroatoms. The van der Waals surface area contributed by atoms with Crippen LogP contribution in [0.15, 0.2) is 24.3 Å². The third-order valence-corrected chi connectivity index (χ3v) is 2.01. The van der Waals surface area contributed by atoms with E-state index in [0.717, 1.165) is 12.1 Å². The maximum Gasteiger partial charge on any atom is 0.390 e. The zero-order valence-corrected chi connectivity index (χ0v) is 7.96. The lowest BCUT2D eigenvalue weighted by atomic mass is 9.95. The molecule has 1 aromatic carbocycles. The van der Waals surface area contributed by atoms with Gasteiger partial charge in [-0.2, -0.15) is 13.2 Å². The molecular formula is C10H8F4O2. The molecule has 88 valence electrons. The second-order valence-electron chi connectivity index (χ2n) is 3.23. The fourth-order valence-electron chi connectivity index (χ4n) is 1.32. The normalized spacial score (nSPS) is 13.5. The first-order valence-electron chi connectivity index (χ1n) is 4.35. The highest BCUT2D eigenvalue weighted by molar-refractivity contribution is 5.76. The largest absolute Gasteiger partial charge is 0.481 e. The second-order valence-corrected chi connectivity index (χ2v) is 3.23. The van der Waals surface area contributed by atoms with Crippen LogP contribution in [-0.4, -0.2) is 17.3 Å². The van der Waals surface area contributed by atoms with E-state index in [9.17, 15) is 22.4 Å². The summed E-state index contributed by atoms with van der Waals surface area (Å²) in [5.41, 5.74) is -0.452. The van der Waals surface area contributed by atoms with E-state index in [1.807, 2.05) is 0 Å². The SMILES string of the molecule is O=C(O)[C@H](CC(F)(F)F)c1ccccc1F. The molecule has 0 aliphatic heterocycles. The lowest BCUT2D eigenvalue weighted by Crippen LogP contribution is -2.21. The van der Waals surface area contributed by atoms with E-state index in [1.54, 1.807) is 0 Å². The quantitative estimate of drug-likeness (QED) is 0.819. The van der Waals surface area contributed by atoms with Gasteiger partial charge in [0, 0.05) is 5.56 Å². The molecule has 0 heterocycles. The average molecular weight is 236 g/mol. The summed E-state index contributed by atoms with van der Waals surface area (Å²) in [6.07, 6.45) is -6.23. The van der Waals surface area contributed by atoms with Gasteiger partial charge in [0.2, 0.25) is 0 Å². The maximum atomic E-state index is 13.1. The Balaban J connectivity index is 3.04. The molecule has 0 saturated heterocycles. The first-order valence-corrected chi connectivity index (χ1v) is 4.35. The summed E-state index contributed by atoms with van der Waals surface area (Å²) in [4.78, 5) is 10.7. The molecule has 0 unspecified atom stereocenters. The first-order chi connectivity index (χ1) is 7.31. The Morgan fingerprint density at radius 2 is 1.88 bits per heavy atom. The zero-order valence-electron chi connectivity index (χ0n) is 7.96. The minimum absolute atomic E-state index is 0.452. The number of halogens is 4. The van der Waals surface area contributed by atoms with Crippen LogP contribution in [0.5, 0.6) is 0 Å². The van der Waals surface area contributed by atoms with Gasteiger partial charge in [0.1, 0.15) is 5.82 Å². The van der Waals surface area contributed by atoms with E-state index in [-0.39, 0.29) is 0 Å². The van der Waals surface area contributed by atoms with Gasteiger partial charge in [-0.15, -0.1) is 0 Å². The molecule has 1 aromatic rings. The number of rotatable bonds is 3. The van der Waals surface area contributed by atoms with E-state index in [1.165, 1.54) is 12.1 Å². The van der Waals surface area contributed by atoms with Crippen LogP contribution in [0.4, 0.5) is 17.6 Å². The number of carbonyl (C=O) groups is 1. The van der Waals surface area contributed by atoms with Gasteiger partial charge in [-0.1, -0.05) is 18.2 Å². The second kappa shape index (κ2) is 4.51. The minimum Gasteiger partial charge on any atom is -0.481 e. The Bertz CT molecular complexity index is 387. The molecule has 0 aromatic heterocycles. The molecule has 0 aliphatic carbocycles. The Labute approximate surface area is 88.5 Å². The van der Waals surface area contributed by atoms with E-state index >= 15 is 0 Å². The van der Waals surface area contributed by atoms with Gasteiger partial charge in [0.05, 0.1) is 12.3 Å². The summed E-state index contributed by atoms with van der Waals surface area (Å²) in [5, 5.41) is 8.65. The van der Waals surface area contributed by atoms with Crippen molar-refractivity contribution in [2.75, 3.05) is 0 Å². The Morgan fingerprint density at radius 3 is 2.31 bits per heavy atom. The molecule has 0 spiro atoms. The van der Waals surface area contributed by atoms with Gasteiger partial charge < -0.3 is 5.11 Å². The van der Waals surface area contributed by atoms with Crippen LogP contribution in [0.1, 0.15) is 17.9 Å². The lowest BCUT2D eigenvalue weighted by molar-refractivity contribution is -0.157. The van der Waals surface area contributed by atoms with Crippen LogP contribution in [0.2, 0.25) is 0 Å². The van der Waals surface area contributed by atoms with Crippen LogP contribution >= 0.6 is 0 Å². The van der Waals surface area contributed by atoms with Gasteiger partial charge in [-0.05, 0) is 6.07 Å². The highest BCUT2D eigenvalue weighted by atomic mass is 19.4. The highest BCUT2D eigenvalue weighted by Gasteiger charge is 2.37. The van der Waals surface area contributed by atoms with E-state index in [0.29, 0.717) is 0 Å². The highest BCUT2D eigenvalue weighted by Crippen LogP contribution is 2.32. The fourth-order valence-corrected chi connectivity index (χ4v) is 1.32. The Morgan fingerprint density at radius 1 is 1.31 bits per heavy atom. The van der Waals surface area contributed by atoms with Gasteiger partial charge in [0.15, 0.2) is 0 Å². The topological polar surface area (TPSA) is 37.3 Å². The van der Waals surface area contributed by atoms with Crippen LogP contribution in [0.3, 0.4) is 0 Å². The zero-order chi connectivity index (χ0) is 12.3. The number of hydrogen-bond donors (Lipinski definition) is 1. The van der Waals surface area contributed by atoms with Crippen molar-refractivity contribution in [2.45, 2.75) is 18.5 Å². The monoisotopic (exact) mass is 236 g/mol. The maximum absolute atomic E-state index is 13.1. The van der Waals surface area contributed by atoms with Crippen molar-refractivity contribution in [1.29, 1.82) is 0 Å². The Kier molecular flexibility index (Phi) is 3.51. The predicted octanol–water partition coefficient (Wildman–Crippen LogP) is 2.95. The molecule has 1 atom stereocenters. The van der Waals surface area contributed by atoms with Crippen molar-refractivity contribution in [2.24, 2.45) is 0 Å². The minimum atomic E-state index is -4.65. The number of aliphatic carboxylic acids is 1. The summed E-state index contributed by atoms with van der Waals surface area (Å²) >= 11 is 0. The van der Waals surface area contributed by atoms with E-state index in [4.69, 9.17) is 5.11 Å². The van der Waals surface area contributed by atoms with Gasteiger partial charge in [-0.3, -0.25) is 4.79 Å². The summed E-state index contributed by atoms with van der Waals surface area (Å²) in [5.74, 6) is -4.54. The molecule has 0 aliphatic rings. The molecule has 0 radical (unpaired) electrons. The third-order valence-electron chi connectivity index (χ3n) is 2.01. The summed E-state index contributed by atoms with van der Waals surface area (Å²) in [6.45, 7) is 0. The molecule has 0 saturated carbocycles. The number of carboxylic acids is 1. The first kappa shape index (κ1) is 12.5. The number of alkyl halides is 3. The molecule has 0 fully saturated rings. The van der Waals surface area contributed by atoms with Crippen molar-refractivity contribution < 1.29 is 27.5 Å². The van der Waals surface area contributed by atoms with Crippen LogP contribution < -0.4 is 0 Å². The summed E-state index contributed by atoms with van der Waals surface area (Å²) < 4.78 is 49.4. The van der Waals surface area contributed by atoms with Gasteiger partial charge >= 0.3 is 12.1 Å². The number of benzene rings is 1. The fraction of sp³-hybridized carbons (Fsp3) is 0.300. The molecule has 1 N–H and O–H groups in total. The van der Waals surface area contributed by atoms with Crippen molar-refractivity contribution in [1.82, 2.24) is 0 Å². The molecule has 0 amide bonds. The average Bonchev–Trinajstić information content (AvgIpc) is 2.13. The molecule has 16 heavy (non-hydrogen) atoms. The van der Waals surface area contributed by atoms with Crippen molar-refractivity contribution >= 4 is 5.97 Å². The van der Waals surface area contributed by atoms with Crippen LogP contribution in [0.25, 0.3) is 0 Å². The predicted molar refractivity (Wildman–Crippen MR) is 47.4 cm³/mol. The van der Waals surface area contributed by atoms with Crippen LogP contribution in [-0.2, 0) is 4.79 Å². The van der Waals surface area contributed by atoms with Crippen molar-refractivity contribution in [3.63, 3.8) is 0 Å². The molecule has 1 rings (SSSR count). The van der Waals surface area contributed by atoms with Crippen LogP contribution in [0, 0.1) is 5.82 Å². The number of carboxylic acid groups (broad SMARTS) is 1. The lowest BCUT2D eigenvalue weighted by Gasteiger charge is -2.15. The smallest absolute Gasteiger partial charge is 0.390 e. The Hall–Kier alpha value is -1.59. The van der Waals surface area contributed by atoms with Gasteiger partial charge in [0.25, 0.3) is 0 Å². The summed E-state index contributed by atoms with van der Waals surface area (Å²) in [7, 11) is 0. The van der Waals surface area contributed by atoms with Crippen molar-refractivity contribution in [3.8, 4) is 0 Å². The summed E-state index contributed by atoms with van der Waals surface area (Å²) in [6, 6.07) is 4.55. The molecule has 2 nitrogen and oxygen atoms in total. The van der Waals surface area contributed by atoms with E-state index < -0.39 is 35.9 Å².